The topological polar surface area (TPSA) is 102 Å². The third-order valence-corrected chi connectivity index (χ3v) is 3.26. The lowest BCUT2D eigenvalue weighted by atomic mass is 9.99. The predicted octanol–water partition coefficient (Wildman–Crippen LogP) is 3.32. The zero-order valence-corrected chi connectivity index (χ0v) is 14.8. The molecule has 0 aliphatic carbocycles. The molecular formula is C19H22O7. The first-order chi connectivity index (χ1) is 12.4. The number of carbonyl (C=O) groups excluding carboxylic acids is 1. The minimum atomic E-state index is -1.25. The molecule has 0 aliphatic rings. The van der Waals surface area contributed by atoms with Crippen LogP contribution in [0.2, 0.25) is 0 Å². The van der Waals surface area contributed by atoms with Gasteiger partial charge in [-0.15, -0.1) is 0 Å². The van der Waals surface area contributed by atoms with Gasteiger partial charge in [0, 0.05) is 11.6 Å². The van der Waals surface area contributed by atoms with Crippen LogP contribution in [0.25, 0.3) is 0 Å². The molecular weight excluding hydrogens is 340 g/mol. The molecule has 0 radical (unpaired) electrons. The highest BCUT2D eigenvalue weighted by Gasteiger charge is 2.20. The molecule has 0 bridgehead atoms. The van der Waals surface area contributed by atoms with Crippen LogP contribution in [0.4, 0.5) is 4.79 Å². The van der Waals surface area contributed by atoms with Crippen LogP contribution in [0.15, 0.2) is 48.5 Å². The molecule has 2 aromatic rings. The van der Waals surface area contributed by atoms with Crippen LogP contribution in [0, 0.1) is 0 Å². The minimum absolute atomic E-state index is 0.231. The van der Waals surface area contributed by atoms with Crippen molar-refractivity contribution in [1.82, 2.24) is 0 Å². The van der Waals surface area contributed by atoms with Crippen LogP contribution in [0.3, 0.4) is 0 Å². The molecule has 0 saturated carbocycles. The first-order valence-electron chi connectivity index (χ1n) is 7.78. The number of hydrogen-bond acceptors (Lipinski definition) is 6. The lowest BCUT2D eigenvalue weighted by molar-refractivity contribution is 0.0746. The smallest absolute Gasteiger partial charge is 0.497 e. The molecule has 0 spiro atoms. The Morgan fingerprint density at radius 2 is 1.54 bits per heavy atom. The van der Waals surface area contributed by atoms with Crippen LogP contribution < -0.4 is 9.47 Å². The summed E-state index contributed by atoms with van der Waals surface area (Å²) >= 11 is 0. The molecule has 1 atom stereocenters. The molecule has 0 saturated heterocycles. The molecule has 1 unspecified atom stereocenters. The zero-order chi connectivity index (χ0) is 19.5. The summed E-state index contributed by atoms with van der Waals surface area (Å²) in [5, 5.41) is 17.9. The van der Waals surface area contributed by atoms with Crippen molar-refractivity contribution in [3.05, 3.63) is 59.7 Å². The summed E-state index contributed by atoms with van der Waals surface area (Å²) < 4.78 is 14.2. The third-order valence-electron chi connectivity index (χ3n) is 3.26. The number of rotatable bonds is 6. The summed E-state index contributed by atoms with van der Waals surface area (Å²) in [5.41, 5.74) is 0.900. The van der Waals surface area contributed by atoms with Gasteiger partial charge < -0.3 is 24.4 Å². The van der Waals surface area contributed by atoms with Gasteiger partial charge in [0.1, 0.15) is 17.6 Å². The molecule has 0 fully saturated rings. The molecule has 0 heterocycles. The van der Waals surface area contributed by atoms with Crippen LogP contribution in [-0.2, 0) is 4.74 Å². The van der Waals surface area contributed by atoms with Gasteiger partial charge in [0.05, 0.1) is 20.8 Å². The van der Waals surface area contributed by atoms with Gasteiger partial charge in [-0.3, -0.25) is 4.79 Å². The summed E-state index contributed by atoms with van der Waals surface area (Å²) in [6.45, 7) is 1.85. The van der Waals surface area contributed by atoms with Gasteiger partial charge in [-0.25, -0.2) is 4.79 Å². The predicted molar refractivity (Wildman–Crippen MR) is 94.9 cm³/mol. The maximum absolute atomic E-state index is 12.2. The first-order valence-corrected chi connectivity index (χ1v) is 7.78. The Balaban J connectivity index is 0.000000487. The molecule has 0 aliphatic heterocycles. The average molecular weight is 362 g/mol. The highest BCUT2D eigenvalue weighted by atomic mass is 16.7. The zero-order valence-electron chi connectivity index (χ0n) is 14.8. The number of ketones is 1. The summed E-state index contributed by atoms with van der Waals surface area (Å²) in [4.78, 5) is 21.6. The van der Waals surface area contributed by atoms with Gasteiger partial charge in [0.15, 0.2) is 5.78 Å². The summed E-state index contributed by atoms with van der Waals surface area (Å²) in [5.74, 6) is 0.694. The summed E-state index contributed by atoms with van der Waals surface area (Å²) in [6, 6.07) is 13.6. The van der Waals surface area contributed by atoms with E-state index in [-0.39, 0.29) is 12.4 Å². The van der Waals surface area contributed by atoms with Gasteiger partial charge in [-0.2, -0.15) is 0 Å². The minimum Gasteiger partial charge on any atom is -0.497 e. The Labute approximate surface area is 151 Å². The van der Waals surface area contributed by atoms with E-state index >= 15 is 0 Å². The van der Waals surface area contributed by atoms with E-state index in [0.29, 0.717) is 22.6 Å². The quantitative estimate of drug-likeness (QED) is 0.600. The van der Waals surface area contributed by atoms with Crippen LogP contribution in [-0.4, -0.2) is 43.0 Å². The van der Waals surface area contributed by atoms with E-state index in [4.69, 9.17) is 14.6 Å². The van der Waals surface area contributed by atoms with Crippen LogP contribution in [0.1, 0.15) is 28.9 Å². The highest BCUT2D eigenvalue weighted by molar-refractivity contribution is 5.99. The number of Topliss-reactive ketones (excluding diaryl/α,β-unsaturated/α-hetero) is 1. The fourth-order valence-electron chi connectivity index (χ4n) is 2.02. The second-order valence-corrected chi connectivity index (χ2v) is 4.98. The number of carbonyl (C=O) groups is 2. The van der Waals surface area contributed by atoms with E-state index in [1.165, 1.54) is 14.2 Å². The maximum atomic E-state index is 12.2. The summed E-state index contributed by atoms with van der Waals surface area (Å²) in [6.07, 6.45) is -2.46. The molecule has 2 rings (SSSR count). The van der Waals surface area contributed by atoms with Gasteiger partial charge >= 0.3 is 6.16 Å². The maximum Gasteiger partial charge on any atom is 0.505 e. The van der Waals surface area contributed by atoms with Gasteiger partial charge in [-0.05, 0) is 24.6 Å². The summed E-state index contributed by atoms with van der Waals surface area (Å²) in [7, 11) is 3.04. The fraction of sp³-hybridized carbons (Fsp3) is 0.263. The molecule has 140 valence electrons. The van der Waals surface area contributed by atoms with E-state index in [0.717, 1.165) is 0 Å². The monoisotopic (exact) mass is 362 g/mol. The Kier molecular flexibility index (Phi) is 8.66. The fourth-order valence-corrected chi connectivity index (χ4v) is 2.02. The number of ether oxygens (including phenoxy) is 3. The third kappa shape index (κ3) is 6.45. The van der Waals surface area contributed by atoms with Crippen molar-refractivity contribution >= 4 is 11.9 Å². The van der Waals surface area contributed by atoms with E-state index in [1.807, 2.05) is 6.07 Å². The van der Waals surface area contributed by atoms with E-state index < -0.39 is 12.3 Å². The van der Waals surface area contributed by atoms with Crippen LogP contribution >= 0.6 is 0 Å². The second kappa shape index (κ2) is 10.7. The Hall–Kier alpha value is -3.06. The first kappa shape index (κ1) is 21.0. The Morgan fingerprint density at radius 3 is 1.92 bits per heavy atom. The largest absolute Gasteiger partial charge is 0.505 e. The van der Waals surface area contributed by atoms with Crippen molar-refractivity contribution in [2.75, 3.05) is 20.8 Å². The van der Waals surface area contributed by atoms with Crippen molar-refractivity contribution in [3.63, 3.8) is 0 Å². The van der Waals surface area contributed by atoms with Crippen molar-refractivity contribution in [1.29, 1.82) is 0 Å². The number of aliphatic hydroxyl groups is 1. The lowest BCUT2D eigenvalue weighted by Gasteiger charge is -2.13. The average Bonchev–Trinajstić information content (AvgIpc) is 2.67. The SMILES string of the molecule is CCOC(=O)O.COc1cc(OC)cc(C(O)C(=O)c2ccccc2)c1. The number of benzene rings is 2. The number of hydrogen-bond donors (Lipinski definition) is 2. The molecule has 2 aromatic carbocycles. The number of aliphatic hydroxyl groups excluding tert-OH is 1. The van der Waals surface area contributed by atoms with Crippen LogP contribution in [0.5, 0.6) is 11.5 Å². The Bertz CT molecular complexity index is 691. The molecule has 26 heavy (non-hydrogen) atoms. The standard InChI is InChI=1S/C16H16O4.C3H6O3/c1-19-13-8-12(9-14(10-13)20-2)16(18)15(17)11-6-4-3-5-7-11;1-2-6-3(4)5/h3-10,16,18H,1-2H3;2H2,1H3,(H,4,5). The molecule has 0 amide bonds. The normalized spacial score (nSPS) is 10.8. The van der Waals surface area contributed by atoms with Crippen molar-refractivity contribution in [2.45, 2.75) is 13.0 Å². The van der Waals surface area contributed by atoms with Gasteiger partial charge in [0.25, 0.3) is 0 Å². The van der Waals surface area contributed by atoms with Crippen molar-refractivity contribution in [3.8, 4) is 11.5 Å². The van der Waals surface area contributed by atoms with Gasteiger partial charge in [-0.1, -0.05) is 30.3 Å². The number of methoxy groups -OCH3 is 2. The van der Waals surface area contributed by atoms with Crippen molar-refractivity contribution in [2.24, 2.45) is 0 Å². The molecule has 0 aromatic heterocycles. The van der Waals surface area contributed by atoms with E-state index in [1.54, 1.807) is 49.4 Å². The van der Waals surface area contributed by atoms with Crippen molar-refractivity contribution < 1.29 is 34.0 Å². The highest BCUT2D eigenvalue weighted by Crippen LogP contribution is 2.28. The molecule has 2 N–H and O–H groups in total. The van der Waals surface area contributed by atoms with E-state index in [9.17, 15) is 14.7 Å². The molecule has 7 heteroatoms. The Morgan fingerprint density at radius 1 is 1.00 bits per heavy atom. The van der Waals surface area contributed by atoms with E-state index in [2.05, 4.69) is 4.74 Å². The molecule has 7 nitrogen and oxygen atoms in total. The van der Waals surface area contributed by atoms with Gasteiger partial charge in [0.2, 0.25) is 0 Å². The second-order valence-electron chi connectivity index (χ2n) is 4.98. The number of carboxylic acid groups (broad SMARTS) is 1. The lowest BCUT2D eigenvalue weighted by Crippen LogP contribution is -2.12.